The number of piperidine rings is 1. The largest absolute Gasteiger partial charge is 0.368 e. The number of likely N-dealkylation sites (N-methyl/N-ethyl adjacent to an activating group) is 1. The van der Waals surface area contributed by atoms with Gasteiger partial charge in [0.15, 0.2) is 0 Å². The second-order valence-corrected chi connectivity index (χ2v) is 4.45. The molecule has 2 nitrogen and oxygen atoms in total. The summed E-state index contributed by atoms with van der Waals surface area (Å²) in [6, 6.07) is 12.4. The van der Waals surface area contributed by atoms with Gasteiger partial charge < -0.3 is 4.90 Å². The van der Waals surface area contributed by atoms with E-state index >= 15 is 0 Å². The van der Waals surface area contributed by atoms with Gasteiger partial charge in [-0.15, -0.1) is 0 Å². The van der Waals surface area contributed by atoms with E-state index in [9.17, 15) is 0 Å². The topological polar surface area (TPSA) is 6.48 Å². The van der Waals surface area contributed by atoms with Crippen LogP contribution >= 0.6 is 0 Å². The summed E-state index contributed by atoms with van der Waals surface area (Å²) in [6.45, 7) is 2.41. The van der Waals surface area contributed by atoms with Gasteiger partial charge in [0.1, 0.15) is 0 Å². The number of hydrogen-bond donors (Lipinski definition) is 0. The average Bonchev–Trinajstić information content (AvgIpc) is 2.30. The van der Waals surface area contributed by atoms with E-state index in [1.165, 1.54) is 25.2 Å². The summed E-state index contributed by atoms with van der Waals surface area (Å²) in [5.41, 5.74) is 1.38. The number of para-hydroxylation sites is 1. The van der Waals surface area contributed by atoms with Crippen molar-refractivity contribution in [2.75, 3.05) is 25.0 Å². The molecule has 3 heterocycles. The first kappa shape index (κ1) is 8.30. The highest BCUT2D eigenvalue weighted by Gasteiger charge is 2.41. The lowest BCUT2D eigenvalue weighted by molar-refractivity contribution is 0.0264. The van der Waals surface area contributed by atoms with Gasteiger partial charge in [-0.2, -0.15) is 0 Å². The van der Waals surface area contributed by atoms with E-state index in [0.29, 0.717) is 0 Å². The fourth-order valence-electron chi connectivity index (χ4n) is 2.65. The van der Waals surface area contributed by atoms with Crippen molar-refractivity contribution in [2.24, 2.45) is 0 Å². The molecule has 3 aliphatic heterocycles. The van der Waals surface area contributed by atoms with Gasteiger partial charge in [0.2, 0.25) is 0 Å². The Hall–Kier alpha value is -1.02. The molecule has 4 rings (SSSR count). The summed E-state index contributed by atoms with van der Waals surface area (Å²) < 4.78 is 0. The first-order valence-corrected chi connectivity index (χ1v) is 5.36. The highest BCUT2D eigenvalue weighted by molar-refractivity contribution is 5.47. The van der Waals surface area contributed by atoms with Gasteiger partial charge >= 0.3 is 0 Å². The summed E-state index contributed by atoms with van der Waals surface area (Å²) in [6.07, 6.45) is 1.40. The molecule has 0 saturated carbocycles. The number of nitrogens with zero attached hydrogens (tertiary/aromatic N) is 2. The molecule has 0 aromatic heterocycles. The number of hydrogen-bond acceptors (Lipinski definition) is 2. The number of anilines is 1. The SMILES string of the molecule is CN1C2CC1CN(c1ccccc1)C2. The van der Waals surface area contributed by atoms with E-state index in [2.05, 4.69) is 47.2 Å². The van der Waals surface area contributed by atoms with Crippen LogP contribution in [0.1, 0.15) is 6.42 Å². The maximum atomic E-state index is 2.51. The van der Waals surface area contributed by atoms with E-state index in [0.717, 1.165) is 12.1 Å². The predicted molar refractivity (Wildman–Crippen MR) is 58.6 cm³/mol. The van der Waals surface area contributed by atoms with Gasteiger partial charge in [0.25, 0.3) is 0 Å². The van der Waals surface area contributed by atoms with Crippen LogP contribution in [0.4, 0.5) is 5.69 Å². The standard InChI is InChI=1S/C12H16N2/c1-13-11-7-12(13)9-14(8-11)10-5-3-2-4-6-10/h2-6,11-12H,7-9H2,1H3. The van der Waals surface area contributed by atoms with Gasteiger partial charge in [-0.05, 0) is 25.6 Å². The molecule has 74 valence electrons. The number of rotatable bonds is 1. The van der Waals surface area contributed by atoms with Crippen molar-refractivity contribution in [1.29, 1.82) is 0 Å². The van der Waals surface area contributed by atoms with Crippen LogP contribution in [0.2, 0.25) is 0 Å². The lowest BCUT2D eigenvalue weighted by Gasteiger charge is -2.55. The lowest BCUT2D eigenvalue weighted by Crippen LogP contribution is -2.67. The highest BCUT2D eigenvalue weighted by Crippen LogP contribution is 2.32. The molecule has 3 fully saturated rings. The second-order valence-electron chi connectivity index (χ2n) is 4.45. The third kappa shape index (κ3) is 1.14. The Morgan fingerprint density at radius 2 is 1.71 bits per heavy atom. The van der Waals surface area contributed by atoms with Crippen LogP contribution in [-0.4, -0.2) is 37.1 Å². The van der Waals surface area contributed by atoms with Crippen LogP contribution in [0.15, 0.2) is 30.3 Å². The Labute approximate surface area is 85.1 Å². The zero-order valence-corrected chi connectivity index (χ0v) is 8.56. The molecule has 0 radical (unpaired) electrons. The second kappa shape index (κ2) is 2.99. The molecule has 1 aromatic carbocycles. The van der Waals surface area contributed by atoms with E-state index < -0.39 is 0 Å². The van der Waals surface area contributed by atoms with Crippen molar-refractivity contribution in [1.82, 2.24) is 4.90 Å². The maximum Gasteiger partial charge on any atom is 0.0367 e. The van der Waals surface area contributed by atoms with Crippen LogP contribution in [0.5, 0.6) is 0 Å². The highest BCUT2D eigenvalue weighted by atomic mass is 15.3. The molecule has 3 saturated heterocycles. The first-order valence-electron chi connectivity index (χ1n) is 5.36. The minimum Gasteiger partial charge on any atom is -0.368 e. The molecule has 2 bridgehead atoms. The molecule has 0 amide bonds. The third-order valence-electron chi connectivity index (χ3n) is 3.68. The summed E-state index contributed by atoms with van der Waals surface area (Å²) >= 11 is 0. The Kier molecular flexibility index (Phi) is 1.77. The maximum absolute atomic E-state index is 2.51. The molecule has 14 heavy (non-hydrogen) atoms. The van der Waals surface area contributed by atoms with E-state index in [1.54, 1.807) is 0 Å². The Morgan fingerprint density at radius 1 is 1.07 bits per heavy atom. The van der Waals surface area contributed by atoms with Crippen LogP contribution in [0, 0.1) is 0 Å². The van der Waals surface area contributed by atoms with Crippen molar-refractivity contribution in [3.8, 4) is 0 Å². The van der Waals surface area contributed by atoms with E-state index in [1.807, 2.05) is 0 Å². The molecule has 3 aliphatic rings. The van der Waals surface area contributed by atoms with Crippen LogP contribution in [-0.2, 0) is 0 Å². The van der Waals surface area contributed by atoms with Gasteiger partial charge in [0, 0.05) is 30.9 Å². The number of benzene rings is 1. The smallest absolute Gasteiger partial charge is 0.0367 e. The molecule has 2 atom stereocenters. The van der Waals surface area contributed by atoms with Gasteiger partial charge in [0.05, 0.1) is 0 Å². The van der Waals surface area contributed by atoms with Crippen molar-refractivity contribution < 1.29 is 0 Å². The molecular formula is C12H16N2. The zero-order valence-electron chi connectivity index (χ0n) is 8.56. The summed E-state index contributed by atoms with van der Waals surface area (Å²) in [5, 5.41) is 0. The minimum absolute atomic E-state index is 0.800. The predicted octanol–water partition coefficient (Wildman–Crippen LogP) is 1.58. The van der Waals surface area contributed by atoms with Crippen LogP contribution in [0.25, 0.3) is 0 Å². The van der Waals surface area contributed by atoms with E-state index in [-0.39, 0.29) is 0 Å². The third-order valence-corrected chi connectivity index (χ3v) is 3.68. The van der Waals surface area contributed by atoms with Gasteiger partial charge in [-0.25, -0.2) is 0 Å². The Balaban J connectivity index is 1.77. The van der Waals surface area contributed by atoms with E-state index in [4.69, 9.17) is 0 Å². The van der Waals surface area contributed by atoms with Crippen molar-refractivity contribution >= 4 is 5.69 Å². The van der Waals surface area contributed by atoms with Crippen LogP contribution < -0.4 is 4.90 Å². The van der Waals surface area contributed by atoms with Crippen LogP contribution in [0.3, 0.4) is 0 Å². The fraction of sp³-hybridized carbons (Fsp3) is 0.500. The number of piperazine rings is 1. The number of fused-ring (bicyclic) bond motifs is 2. The molecule has 0 N–H and O–H groups in total. The fourth-order valence-corrected chi connectivity index (χ4v) is 2.65. The molecule has 0 spiro atoms. The zero-order chi connectivity index (χ0) is 9.54. The Morgan fingerprint density at radius 3 is 2.29 bits per heavy atom. The molecular weight excluding hydrogens is 172 g/mol. The van der Waals surface area contributed by atoms with Crippen molar-refractivity contribution in [3.05, 3.63) is 30.3 Å². The van der Waals surface area contributed by atoms with Crippen molar-refractivity contribution in [3.63, 3.8) is 0 Å². The summed E-state index contributed by atoms with van der Waals surface area (Å²) in [7, 11) is 2.25. The quantitative estimate of drug-likeness (QED) is 0.660. The van der Waals surface area contributed by atoms with Crippen molar-refractivity contribution in [2.45, 2.75) is 18.5 Å². The Bertz CT molecular complexity index is 310. The summed E-state index contributed by atoms with van der Waals surface area (Å²) in [5.74, 6) is 0. The lowest BCUT2D eigenvalue weighted by atomic mass is 9.88. The average molecular weight is 188 g/mol. The monoisotopic (exact) mass is 188 g/mol. The molecule has 1 aromatic rings. The molecule has 2 heteroatoms. The first-order chi connectivity index (χ1) is 6.84. The normalized spacial score (nSPS) is 31.4. The molecule has 2 unspecified atom stereocenters. The van der Waals surface area contributed by atoms with Gasteiger partial charge in [-0.3, -0.25) is 4.90 Å². The minimum atomic E-state index is 0.800. The molecule has 0 aliphatic carbocycles. The van der Waals surface area contributed by atoms with Gasteiger partial charge in [-0.1, -0.05) is 18.2 Å². The summed E-state index contributed by atoms with van der Waals surface area (Å²) in [4.78, 5) is 5.03.